The van der Waals surface area contributed by atoms with E-state index < -0.39 is 11.3 Å². The van der Waals surface area contributed by atoms with Gasteiger partial charge in [-0.15, -0.1) is 0 Å². The number of ether oxygens (including phenoxy) is 1. The average molecular weight is 170 g/mol. The van der Waals surface area contributed by atoms with E-state index in [-0.39, 0.29) is 5.97 Å². The third kappa shape index (κ3) is 1.21. The molecule has 4 N–H and O–H groups in total. The normalized spacial score (nSPS) is 28.8. The number of carbonyl (C=O) groups is 1. The van der Waals surface area contributed by atoms with E-state index in [1.54, 1.807) is 0 Å². The highest BCUT2D eigenvalue weighted by Gasteiger charge is 2.49. The van der Waals surface area contributed by atoms with Crippen LogP contribution in [0.1, 0.15) is 32.1 Å². The first kappa shape index (κ1) is 8.01. The van der Waals surface area contributed by atoms with Crippen LogP contribution in [0.2, 0.25) is 0 Å². The molecule has 0 saturated heterocycles. The van der Waals surface area contributed by atoms with Crippen LogP contribution in [0, 0.1) is 0 Å². The minimum Gasteiger partial charge on any atom is -0.443 e. The smallest absolute Gasteiger partial charge is 0.327 e. The first-order chi connectivity index (χ1) is 5.54. The van der Waals surface area contributed by atoms with E-state index in [1.165, 1.54) is 0 Å². The van der Waals surface area contributed by atoms with Gasteiger partial charge in [-0.05, 0) is 19.3 Å². The molecule has 0 bridgehead atoms. The molecule has 0 radical (unpaired) electrons. The van der Waals surface area contributed by atoms with Crippen molar-refractivity contribution in [3.8, 4) is 0 Å². The summed E-state index contributed by atoms with van der Waals surface area (Å²) in [6.07, 6.45) is 4.04. The van der Waals surface area contributed by atoms with Crippen LogP contribution in [0.4, 0.5) is 0 Å². The van der Waals surface area contributed by atoms with E-state index in [0.29, 0.717) is 0 Å². The third-order valence-corrected chi connectivity index (χ3v) is 2.69. The Morgan fingerprint density at radius 2 is 1.75 bits per heavy atom. The van der Waals surface area contributed by atoms with Crippen LogP contribution < -0.4 is 11.5 Å². The molecule has 0 aromatic rings. The van der Waals surface area contributed by atoms with Crippen molar-refractivity contribution in [2.24, 2.45) is 11.5 Å². The topological polar surface area (TPSA) is 78.3 Å². The summed E-state index contributed by atoms with van der Waals surface area (Å²) < 4.78 is 5.07. The van der Waals surface area contributed by atoms with Gasteiger partial charge in [0.2, 0.25) is 0 Å². The maximum atomic E-state index is 11.4. The number of carbonyl (C=O) groups excluding carboxylic acids is 1. The van der Waals surface area contributed by atoms with Crippen LogP contribution in [-0.2, 0) is 9.53 Å². The van der Waals surface area contributed by atoms with Gasteiger partial charge < -0.3 is 10.5 Å². The molecule has 0 spiro atoms. The molecule has 2 rings (SSSR count). The molecule has 0 unspecified atom stereocenters. The van der Waals surface area contributed by atoms with E-state index in [2.05, 4.69) is 0 Å². The van der Waals surface area contributed by atoms with Gasteiger partial charge in [0.25, 0.3) is 0 Å². The maximum absolute atomic E-state index is 11.4. The molecule has 4 heteroatoms. The first-order valence-corrected chi connectivity index (χ1v) is 4.35. The third-order valence-electron chi connectivity index (χ3n) is 2.69. The lowest BCUT2D eigenvalue weighted by Gasteiger charge is -2.35. The van der Waals surface area contributed by atoms with E-state index in [1.807, 2.05) is 0 Å². The van der Waals surface area contributed by atoms with E-state index in [9.17, 15) is 4.79 Å². The van der Waals surface area contributed by atoms with Crippen molar-refractivity contribution in [2.45, 2.75) is 43.4 Å². The summed E-state index contributed by atoms with van der Waals surface area (Å²) in [5.74, 6) is -0.311. The minimum atomic E-state index is -0.713. The summed E-state index contributed by atoms with van der Waals surface area (Å²) in [5, 5.41) is 0. The monoisotopic (exact) mass is 170 g/mol. The summed E-state index contributed by atoms with van der Waals surface area (Å²) in [7, 11) is 0. The zero-order valence-corrected chi connectivity index (χ0v) is 7.01. The van der Waals surface area contributed by atoms with Gasteiger partial charge in [0.15, 0.2) is 5.72 Å². The molecule has 0 aromatic carbocycles. The lowest BCUT2D eigenvalue weighted by atomic mass is 9.78. The Balaban J connectivity index is 1.91. The quantitative estimate of drug-likeness (QED) is 0.446. The molecule has 0 amide bonds. The van der Waals surface area contributed by atoms with Crippen molar-refractivity contribution in [3.05, 3.63) is 0 Å². The number of rotatable bonds is 2. The van der Waals surface area contributed by atoms with Gasteiger partial charge in [-0.25, -0.2) is 4.79 Å². The Labute approximate surface area is 71.2 Å². The number of hydrogen-bond donors (Lipinski definition) is 2. The molecule has 0 aromatic heterocycles. The Morgan fingerprint density at radius 1 is 1.17 bits per heavy atom. The highest BCUT2D eigenvalue weighted by molar-refractivity contribution is 5.82. The molecule has 2 aliphatic carbocycles. The summed E-state index contributed by atoms with van der Waals surface area (Å²) in [5.41, 5.74) is 9.99. The fourth-order valence-corrected chi connectivity index (χ4v) is 1.27. The fraction of sp³-hybridized carbons (Fsp3) is 0.875. The fourth-order valence-electron chi connectivity index (χ4n) is 1.27. The molecule has 2 aliphatic rings. The predicted octanol–water partition coefficient (Wildman–Crippen LogP) is -0.140. The van der Waals surface area contributed by atoms with Gasteiger partial charge in [0.05, 0.1) is 0 Å². The molecule has 4 nitrogen and oxygen atoms in total. The second-order valence-electron chi connectivity index (χ2n) is 3.96. The molecule has 68 valence electrons. The zero-order chi connectivity index (χ0) is 8.82. The van der Waals surface area contributed by atoms with Crippen molar-refractivity contribution >= 4 is 5.97 Å². The molecule has 12 heavy (non-hydrogen) atoms. The van der Waals surface area contributed by atoms with Crippen molar-refractivity contribution < 1.29 is 9.53 Å². The predicted molar refractivity (Wildman–Crippen MR) is 43.0 cm³/mol. The van der Waals surface area contributed by atoms with Gasteiger partial charge >= 0.3 is 5.97 Å². The van der Waals surface area contributed by atoms with Crippen LogP contribution in [0.25, 0.3) is 0 Å². The first-order valence-electron chi connectivity index (χ1n) is 4.35. The lowest BCUT2D eigenvalue weighted by Crippen LogP contribution is -2.56. The van der Waals surface area contributed by atoms with Gasteiger partial charge in [0, 0.05) is 12.8 Å². The molecular weight excluding hydrogens is 156 g/mol. The van der Waals surface area contributed by atoms with Crippen molar-refractivity contribution in [1.29, 1.82) is 0 Å². The van der Waals surface area contributed by atoms with Crippen molar-refractivity contribution in [2.75, 3.05) is 0 Å². The average Bonchev–Trinajstić information content (AvgIpc) is 2.62. The Hall–Kier alpha value is -0.610. The van der Waals surface area contributed by atoms with Crippen LogP contribution in [0.5, 0.6) is 0 Å². The van der Waals surface area contributed by atoms with Crippen LogP contribution >= 0.6 is 0 Å². The number of nitrogens with two attached hydrogens (primary N) is 2. The van der Waals surface area contributed by atoms with Crippen molar-refractivity contribution in [3.63, 3.8) is 0 Å². The summed E-state index contributed by atoms with van der Waals surface area (Å²) in [6.45, 7) is 0. The molecule has 0 atom stereocenters. The number of esters is 1. The summed E-state index contributed by atoms with van der Waals surface area (Å²) in [6, 6.07) is 0. The highest BCUT2D eigenvalue weighted by atomic mass is 16.6. The maximum Gasteiger partial charge on any atom is 0.327 e. The summed E-state index contributed by atoms with van der Waals surface area (Å²) in [4.78, 5) is 11.4. The van der Waals surface area contributed by atoms with Gasteiger partial charge in [-0.2, -0.15) is 0 Å². The Bertz CT molecular complexity index is 219. The van der Waals surface area contributed by atoms with E-state index in [4.69, 9.17) is 16.2 Å². The zero-order valence-electron chi connectivity index (χ0n) is 7.01. The standard InChI is InChI=1S/C8H14N2O2/c9-7(2-1-3-7)6(11)12-8(10)4-5-8/h1-5,9-10H2. The molecule has 2 fully saturated rings. The van der Waals surface area contributed by atoms with E-state index in [0.717, 1.165) is 32.1 Å². The SMILES string of the molecule is NC1(OC(=O)C2(N)CCC2)CC1. The molecule has 0 aliphatic heterocycles. The molecule has 0 heterocycles. The van der Waals surface area contributed by atoms with Crippen LogP contribution in [0.15, 0.2) is 0 Å². The Morgan fingerprint density at radius 3 is 2.08 bits per heavy atom. The minimum absolute atomic E-state index is 0.311. The number of hydrogen-bond acceptors (Lipinski definition) is 4. The van der Waals surface area contributed by atoms with Gasteiger partial charge in [-0.1, -0.05) is 0 Å². The second kappa shape index (κ2) is 2.20. The van der Waals surface area contributed by atoms with Crippen LogP contribution in [0.3, 0.4) is 0 Å². The Kier molecular flexibility index (Phi) is 1.47. The van der Waals surface area contributed by atoms with Crippen molar-refractivity contribution in [1.82, 2.24) is 0 Å². The highest BCUT2D eigenvalue weighted by Crippen LogP contribution is 2.37. The largest absolute Gasteiger partial charge is 0.443 e. The molecular formula is C8H14N2O2. The lowest BCUT2D eigenvalue weighted by molar-refractivity contribution is -0.161. The van der Waals surface area contributed by atoms with E-state index >= 15 is 0 Å². The summed E-state index contributed by atoms with van der Waals surface area (Å²) >= 11 is 0. The molecule has 2 saturated carbocycles. The van der Waals surface area contributed by atoms with Crippen LogP contribution in [-0.4, -0.2) is 17.2 Å². The van der Waals surface area contributed by atoms with Gasteiger partial charge in [-0.3, -0.25) is 5.73 Å². The second-order valence-corrected chi connectivity index (χ2v) is 3.96. The van der Waals surface area contributed by atoms with Gasteiger partial charge in [0.1, 0.15) is 5.54 Å².